The van der Waals surface area contributed by atoms with E-state index in [1.807, 2.05) is 19.0 Å². The molecule has 0 unspecified atom stereocenters. The fourth-order valence-electron chi connectivity index (χ4n) is 2.56. The topological polar surface area (TPSA) is 78.5 Å². The van der Waals surface area contributed by atoms with Gasteiger partial charge in [0.05, 0.1) is 11.1 Å². The molecule has 0 aliphatic carbocycles. The molecule has 2 aromatic rings. The van der Waals surface area contributed by atoms with E-state index in [4.69, 9.17) is 11.6 Å². The molecule has 146 valence electrons. The van der Waals surface area contributed by atoms with Crippen LogP contribution in [0.1, 0.15) is 22.0 Å². The maximum absolute atomic E-state index is 13.5. The number of halogens is 2. The molecule has 2 aromatic carbocycles. The average molecular weight is 414 g/mol. The van der Waals surface area contributed by atoms with Gasteiger partial charge in [0, 0.05) is 12.1 Å². The molecule has 0 heterocycles. The van der Waals surface area contributed by atoms with E-state index in [9.17, 15) is 17.6 Å². The fourth-order valence-corrected chi connectivity index (χ4v) is 3.81. The SMILES string of the molecule is CNS(=O)(=O)c1cc(C(=O)NC[C@@H](c2cccc(F)c2)N(C)C)ccc1Cl. The van der Waals surface area contributed by atoms with E-state index in [1.54, 1.807) is 12.1 Å². The summed E-state index contributed by atoms with van der Waals surface area (Å²) in [5.74, 6) is -0.812. The van der Waals surface area contributed by atoms with Crippen molar-refractivity contribution in [2.75, 3.05) is 27.7 Å². The van der Waals surface area contributed by atoms with Crippen molar-refractivity contribution in [1.29, 1.82) is 0 Å². The van der Waals surface area contributed by atoms with E-state index in [0.717, 1.165) is 5.56 Å². The highest BCUT2D eigenvalue weighted by atomic mass is 35.5. The van der Waals surface area contributed by atoms with E-state index in [0.29, 0.717) is 0 Å². The summed E-state index contributed by atoms with van der Waals surface area (Å²) in [5.41, 5.74) is 0.875. The molecule has 0 aromatic heterocycles. The number of carbonyl (C=O) groups excluding carboxylic acids is 1. The highest BCUT2D eigenvalue weighted by Crippen LogP contribution is 2.23. The third-order valence-electron chi connectivity index (χ3n) is 4.06. The van der Waals surface area contributed by atoms with Crippen LogP contribution in [0.5, 0.6) is 0 Å². The number of hydrogen-bond acceptors (Lipinski definition) is 4. The van der Waals surface area contributed by atoms with Crippen LogP contribution in [-0.4, -0.2) is 46.9 Å². The molecular weight excluding hydrogens is 393 g/mol. The molecule has 0 saturated heterocycles. The number of rotatable bonds is 7. The summed E-state index contributed by atoms with van der Waals surface area (Å²) in [5, 5.41) is 2.77. The van der Waals surface area contributed by atoms with Crippen LogP contribution in [0.4, 0.5) is 4.39 Å². The standard InChI is InChI=1S/C18H21ClFN3O3S/c1-21-27(25,26)17-10-13(7-8-15(17)19)18(24)22-11-16(23(2)3)12-5-4-6-14(20)9-12/h4-10,16,21H,11H2,1-3H3,(H,22,24)/t16-/m0/s1. The molecule has 0 aliphatic heterocycles. The smallest absolute Gasteiger partial charge is 0.251 e. The molecule has 0 bridgehead atoms. The predicted molar refractivity (Wildman–Crippen MR) is 103 cm³/mol. The second kappa shape index (κ2) is 8.79. The Morgan fingerprint density at radius 3 is 2.52 bits per heavy atom. The number of likely N-dealkylation sites (N-methyl/N-ethyl adjacent to an activating group) is 1. The van der Waals surface area contributed by atoms with Crippen LogP contribution >= 0.6 is 11.6 Å². The first kappa shape index (κ1) is 21.3. The Bertz CT molecular complexity index is 935. The predicted octanol–water partition coefficient (Wildman–Crippen LogP) is 2.42. The van der Waals surface area contributed by atoms with E-state index >= 15 is 0 Å². The number of amides is 1. The first-order valence-corrected chi connectivity index (χ1v) is 9.95. The monoisotopic (exact) mass is 413 g/mol. The molecule has 0 spiro atoms. The number of sulfonamides is 1. The van der Waals surface area contributed by atoms with Crippen molar-refractivity contribution in [3.63, 3.8) is 0 Å². The van der Waals surface area contributed by atoms with Gasteiger partial charge in [-0.15, -0.1) is 0 Å². The normalized spacial score (nSPS) is 12.8. The molecule has 0 aliphatic rings. The van der Waals surface area contributed by atoms with Gasteiger partial charge in [-0.1, -0.05) is 23.7 Å². The molecular formula is C18H21ClFN3O3S. The van der Waals surface area contributed by atoms with Gasteiger partial charge in [-0.05, 0) is 57.0 Å². The quantitative estimate of drug-likeness (QED) is 0.730. The lowest BCUT2D eigenvalue weighted by molar-refractivity contribution is 0.0941. The molecule has 0 fully saturated rings. The Morgan fingerprint density at radius 2 is 1.93 bits per heavy atom. The van der Waals surface area contributed by atoms with Gasteiger partial charge < -0.3 is 10.2 Å². The van der Waals surface area contributed by atoms with Gasteiger partial charge in [0.15, 0.2) is 0 Å². The van der Waals surface area contributed by atoms with Crippen molar-refractivity contribution in [2.45, 2.75) is 10.9 Å². The fraction of sp³-hybridized carbons (Fsp3) is 0.278. The first-order valence-electron chi connectivity index (χ1n) is 8.09. The summed E-state index contributed by atoms with van der Waals surface area (Å²) in [6.07, 6.45) is 0. The minimum atomic E-state index is -3.79. The zero-order chi connectivity index (χ0) is 20.2. The van der Waals surface area contributed by atoms with Crippen LogP contribution in [0.3, 0.4) is 0 Å². The van der Waals surface area contributed by atoms with Gasteiger partial charge in [-0.3, -0.25) is 4.79 Å². The van der Waals surface area contributed by atoms with Crippen molar-refractivity contribution in [2.24, 2.45) is 0 Å². The third kappa shape index (κ3) is 5.26. The lowest BCUT2D eigenvalue weighted by atomic mass is 10.1. The van der Waals surface area contributed by atoms with Crippen LogP contribution in [0, 0.1) is 5.82 Å². The number of nitrogens with zero attached hydrogens (tertiary/aromatic N) is 1. The zero-order valence-electron chi connectivity index (χ0n) is 15.2. The van der Waals surface area contributed by atoms with Crippen molar-refractivity contribution in [1.82, 2.24) is 14.9 Å². The number of benzene rings is 2. The van der Waals surface area contributed by atoms with Gasteiger partial charge in [0.25, 0.3) is 5.91 Å². The second-order valence-electron chi connectivity index (χ2n) is 6.10. The minimum absolute atomic E-state index is 0.0202. The lowest BCUT2D eigenvalue weighted by Crippen LogP contribution is -2.34. The summed E-state index contributed by atoms with van der Waals surface area (Å²) in [7, 11) is 1.12. The summed E-state index contributed by atoms with van der Waals surface area (Å²) < 4.78 is 39.7. The van der Waals surface area contributed by atoms with E-state index in [1.165, 1.54) is 37.4 Å². The van der Waals surface area contributed by atoms with Crippen LogP contribution in [-0.2, 0) is 10.0 Å². The van der Waals surface area contributed by atoms with Crippen LogP contribution < -0.4 is 10.0 Å². The minimum Gasteiger partial charge on any atom is -0.350 e. The van der Waals surface area contributed by atoms with E-state index in [-0.39, 0.29) is 33.9 Å². The summed E-state index contributed by atoms with van der Waals surface area (Å²) >= 11 is 5.94. The summed E-state index contributed by atoms with van der Waals surface area (Å²) in [6, 6.07) is 9.92. The van der Waals surface area contributed by atoms with Crippen molar-refractivity contribution in [3.05, 3.63) is 64.4 Å². The first-order chi connectivity index (χ1) is 12.7. The van der Waals surface area contributed by atoms with E-state index in [2.05, 4.69) is 10.0 Å². The van der Waals surface area contributed by atoms with Gasteiger partial charge in [0.1, 0.15) is 10.7 Å². The Kier molecular flexibility index (Phi) is 6.94. The molecule has 1 amide bonds. The van der Waals surface area contributed by atoms with Gasteiger partial charge in [-0.25, -0.2) is 17.5 Å². The Balaban J connectivity index is 2.20. The van der Waals surface area contributed by atoms with Crippen molar-refractivity contribution >= 4 is 27.5 Å². The molecule has 2 N–H and O–H groups in total. The maximum Gasteiger partial charge on any atom is 0.251 e. The molecule has 0 radical (unpaired) electrons. The highest BCUT2D eigenvalue weighted by molar-refractivity contribution is 7.89. The Labute approximate surface area is 163 Å². The molecule has 1 atom stereocenters. The Morgan fingerprint density at radius 1 is 1.22 bits per heavy atom. The number of carbonyl (C=O) groups is 1. The second-order valence-corrected chi connectivity index (χ2v) is 8.36. The Hall–Kier alpha value is -2.00. The average Bonchev–Trinajstić information content (AvgIpc) is 2.61. The van der Waals surface area contributed by atoms with E-state index < -0.39 is 15.9 Å². The van der Waals surface area contributed by atoms with Gasteiger partial charge in [0.2, 0.25) is 10.0 Å². The zero-order valence-corrected chi connectivity index (χ0v) is 16.7. The summed E-state index contributed by atoms with van der Waals surface area (Å²) in [4.78, 5) is 14.2. The van der Waals surface area contributed by atoms with Gasteiger partial charge >= 0.3 is 0 Å². The van der Waals surface area contributed by atoms with Crippen LogP contribution in [0.2, 0.25) is 5.02 Å². The highest BCUT2D eigenvalue weighted by Gasteiger charge is 2.20. The third-order valence-corrected chi connectivity index (χ3v) is 5.96. The molecule has 6 nitrogen and oxygen atoms in total. The molecule has 27 heavy (non-hydrogen) atoms. The number of nitrogens with one attached hydrogen (secondary N) is 2. The molecule has 9 heteroatoms. The van der Waals surface area contributed by atoms with Crippen molar-refractivity contribution in [3.8, 4) is 0 Å². The summed E-state index contributed by atoms with van der Waals surface area (Å²) in [6.45, 7) is 0.214. The van der Waals surface area contributed by atoms with Crippen LogP contribution in [0.25, 0.3) is 0 Å². The number of hydrogen-bond donors (Lipinski definition) is 2. The lowest BCUT2D eigenvalue weighted by Gasteiger charge is -2.25. The maximum atomic E-state index is 13.5. The van der Waals surface area contributed by atoms with Crippen LogP contribution in [0.15, 0.2) is 47.4 Å². The largest absolute Gasteiger partial charge is 0.350 e. The van der Waals surface area contributed by atoms with Gasteiger partial charge in [-0.2, -0.15) is 0 Å². The molecule has 0 saturated carbocycles. The van der Waals surface area contributed by atoms with Crippen molar-refractivity contribution < 1.29 is 17.6 Å². The molecule has 2 rings (SSSR count).